The Labute approximate surface area is 124 Å². The van der Waals surface area contributed by atoms with Crippen LogP contribution in [0.15, 0.2) is 41.1 Å². The summed E-state index contributed by atoms with van der Waals surface area (Å²) in [6.07, 6.45) is 0.844. The third-order valence-corrected chi connectivity index (χ3v) is 4.02. The highest BCUT2D eigenvalue weighted by Crippen LogP contribution is 2.25. The van der Waals surface area contributed by atoms with E-state index in [9.17, 15) is 0 Å². The standard InChI is InChI=1S/C16H21NO2S/c1-3-15(17)16(13-8-9-20-11-13)19-10-12-4-6-14(18-2)7-5-12/h4-9,11,15-16H,3,10,17H2,1-2H3. The summed E-state index contributed by atoms with van der Waals surface area (Å²) in [4.78, 5) is 0. The molecule has 0 aliphatic heterocycles. The molecule has 4 heteroatoms. The minimum Gasteiger partial charge on any atom is -0.497 e. The molecule has 0 bridgehead atoms. The predicted octanol–water partition coefficient (Wildman–Crippen LogP) is 3.75. The summed E-state index contributed by atoms with van der Waals surface area (Å²) < 4.78 is 11.2. The fraction of sp³-hybridized carbons (Fsp3) is 0.375. The van der Waals surface area contributed by atoms with E-state index in [2.05, 4.69) is 23.8 Å². The van der Waals surface area contributed by atoms with Gasteiger partial charge in [-0.1, -0.05) is 19.1 Å². The van der Waals surface area contributed by atoms with Crippen molar-refractivity contribution in [1.82, 2.24) is 0 Å². The molecule has 0 fully saturated rings. The van der Waals surface area contributed by atoms with Gasteiger partial charge in [-0.25, -0.2) is 0 Å². The van der Waals surface area contributed by atoms with Crippen LogP contribution in [-0.2, 0) is 11.3 Å². The monoisotopic (exact) mass is 291 g/mol. The van der Waals surface area contributed by atoms with Gasteiger partial charge in [0.1, 0.15) is 5.75 Å². The summed E-state index contributed by atoms with van der Waals surface area (Å²) in [5, 5.41) is 4.16. The van der Waals surface area contributed by atoms with Crippen molar-refractivity contribution >= 4 is 11.3 Å². The SMILES string of the molecule is CCC(N)C(OCc1ccc(OC)cc1)c1ccsc1. The van der Waals surface area contributed by atoms with Crippen LogP contribution in [0.25, 0.3) is 0 Å². The Bertz CT molecular complexity index is 496. The van der Waals surface area contributed by atoms with E-state index >= 15 is 0 Å². The highest BCUT2D eigenvalue weighted by atomic mass is 32.1. The van der Waals surface area contributed by atoms with Crippen molar-refractivity contribution in [2.45, 2.75) is 32.1 Å². The van der Waals surface area contributed by atoms with Gasteiger partial charge in [0.15, 0.2) is 0 Å². The summed E-state index contributed by atoms with van der Waals surface area (Å²) >= 11 is 1.67. The van der Waals surface area contributed by atoms with Gasteiger partial charge in [0, 0.05) is 6.04 Å². The zero-order valence-corrected chi connectivity index (χ0v) is 12.7. The molecule has 2 N–H and O–H groups in total. The molecule has 2 rings (SSSR count). The lowest BCUT2D eigenvalue weighted by atomic mass is 10.0. The number of rotatable bonds is 7. The molecule has 1 heterocycles. The van der Waals surface area contributed by atoms with E-state index in [-0.39, 0.29) is 12.1 Å². The first-order valence-corrected chi connectivity index (χ1v) is 7.71. The van der Waals surface area contributed by atoms with E-state index in [0.717, 1.165) is 23.3 Å². The van der Waals surface area contributed by atoms with Crippen LogP contribution in [0.3, 0.4) is 0 Å². The first-order chi connectivity index (χ1) is 9.74. The second-order valence-corrected chi connectivity index (χ2v) is 5.49. The summed E-state index contributed by atoms with van der Waals surface area (Å²) in [6, 6.07) is 10.0. The molecule has 0 radical (unpaired) electrons. The fourth-order valence-electron chi connectivity index (χ4n) is 2.03. The van der Waals surface area contributed by atoms with Gasteiger partial charge < -0.3 is 15.2 Å². The molecule has 2 unspecified atom stereocenters. The number of hydrogen-bond acceptors (Lipinski definition) is 4. The number of nitrogens with two attached hydrogens (primary N) is 1. The van der Waals surface area contributed by atoms with Crippen molar-refractivity contribution in [3.63, 3.8) is 0 Å². The highest BCUT2D eigenvalue weighted by Gasteiger charge is 2.19. The Hall–Kier alpha value is -1.36. The highest BCUT2D eigenvalue weighted by molar-refractivity contribution is 7.07. The molecule has 1 aromatic carbocycles. The third kappa shape index (κ3) is 3.82. The normalized spacial score (nSPS) is 13.9. The van der Waals surface area contributed by atoms with Crippen LogP contribution in [0, 0.1) is 0 Å². The number of methoxy groups -OCH3 is 1. The van der Waals surface area contributed by atoms with Gasteiger partial charge in [-0.3, -0.25) is 0 Å². The second-order valence-electron chi connectivity index (χ2n) is 4.71. The van der Waals surface area contributed by atoms with Gasteiger partial charge in [-0.15, -0.1) is 0 Å². The Morgan fingerprint density at radius 3 is 2.50 bits per heavy atom. The van der Waals surface area contributed by atoms with Gasteiger partial charge in [-0.05, 0) is 46.5 Å². The summed E-state index contributed by atoms with van der Waals surface area (Å²) in [7, 11) is 1.67. The molecule has 3 nitrogen and oxygen atoms in total. The van der Waals surface area contributed by atoms with Crippen LogP contribution in [0.4, 0.5) is 0 Å². The first-order valence-electron chi connectivity index (χ1n) is 6.76. The Balaban J connectivity index is 2.01. The maximum Gasteiger partial charge on any atom is 0.118 e. The van der Waals surface area contributed by atoms with Crippen LogP contribution < -0.4 is 10.5 Å². The average Bonchev–Trinajstić information content (AvgIpc) is 3.02. The van der Waals surface area contributed by atoms with Crippen molar-refractivity contribution < 1.29 is 9.47 Å². The zero-order valence-electron chi connectivity index (χ0n) is 11.9. The molecular formula is C16H21NO2S. The number of benzene rings is 1. The smallest absolute Gasteiger partial charge is 0.118 e. The van der Waals surface area contributed by atoms with Crippen molar-refractivity contribution in [2.75, 3.05) is 7.11 Å². The average molecular weight is 291 g/mol. The van der Waals surface area contributed by atoms with Crippen molar-refractivity contribution in [3.8, 4) is 5.75 Å². The maximum absolute atomic E-state index is 6.18. The molecule has 0 saturated heterocycles. The molecule has 2 aromatic rings. The summed E-state index contributed by atoms with van der Waals surface area (Å²) in [5.74, 6) is 0.855. The van der Waals surface area contributed by atoms with E-state index in [1.807, 2.05) is 24.3 Å². The van der Waals surface area contributed by atoms with Gasteiger partial charge in [-0.2, -0.15) is 11.3 Å². The number of hydrogen-bond donors (Lipinski definition) is 1. The molecule has 2 atom stereocenters. The van der Waals surface area contributed by atoms with E-state index in [1.165, 1.54) is 0 Å². The zero-order chi connectivity index (χ0) is 14.4. The maximum atomic E-state index is 6.18. The lowest BCUT2D eigenvalue weighted by Gasteiger charge is -2.23. The van der Waals surface area contributed by atoms with Crippen LogP contribution in [0.5, 0.6) is 5.75 Å². The largest absolute Gasteiger partial charge is 0.497 e. The minimum atomic E-state index is -0.0478. The van der Waals surface area contributed by atoms with Crippen LogP contribution in [0.1, 0.15) is 30.6 Å². The van der Waals surface area contributed by atoms with E-state index in [0.29, 0.717) is 6.61 Å². The molecular weight excluding hydrogens is 270 g/mol. The third-order valence-electron chi connectivity index (χ3n) is 3.32. The van der Waals surface area contributed by atoms with Crippen molar-refractivity contribution in [3.05, 3.63) is 52.2 Å². The second kappa shape index (κ2) is 7.43. The van der Waals surface area contributed by atoms with E-state index < -0.39 is 0 Å². The van der Waals surface area contributed by atoms with Crippen LogP contribution >= 0.6 is 11.3 Å². The minimum absolute atomic E-state index is 0.0165. The lowest BCUT2D eigenvalue weighted by Crippen LogP contribution is -2.29. The Morgan fingerprint density at radius 2 is 1.95 bits per heavy atom. The Kier molecular flexibility index (Phi) is 5.59. The van der Waals surface area contributed by atoms with Gasteiger partial charge >= 0.3 is 0 Å². The number of thiophene rings is 1. The molecule has 0 amide bonds. The van der Waals surface area contributed by atoms with E-state index in [1.54, 1.807) is 18.4 Å². The van der Waals surface area contributed by atoms with E-state index in [4.69, 9.17) is 15.2 Å². The van der Waals surface area contributed by atoms with Crippen LogP contribution in [0.2, 0.25) is 0 Å². The molecule has 0 spiro atoms. The molecule has 1 aromatic heterocycles. The predicted molar refractivity (Wildman–Crippen MR) is 83.1 cm³/mol. The molecule has 108 valence electrons. The van der Waals surface area contributed by atoms with Gasteiger partial charge in [0.2, 0.25) is 0 Å². The first kappa shape index (κ1) is 15.0. The quantitative estimate of drug-likeness (QED) is 0.845. The van der Waals surface area contributed by atoms with Crippen molar-refractivity contribution in [2.24, 2.45) is 5.73 Å². The van der Waals surface area contributed by atoms with Crippen LogP contribution in [-0.4, -0.2) is 13.2 Å². The lowest BCUT2D eigenvalue weighted by molar-refractivity contribution is 0.0215. The molecule has 20 heavy (non-hydrogen) atoms. The Morgan fingerprint density at radius 1 is 1.20 bits per heavy atom. The topological polar surface area (TPSA) is 44.5 Å². The number of ether oxygens (including phenoxy) is 2. The summed E-state index contributed by atoms with van der Waals surface area (Å²) in [6.45, 7) is 2.64. The summed E-state index contributed by atoms with van der Waals surface area (Å²) in [5.41, 5.74) is 8.46. The van der Waals surface area contributed by atoms with Crippen molar-refractivity contribution in [1.29, 1.82) is 0 Å². The van der Waals surface area contributed by atoms with Gasteiger partial charge in [0.25, 0.3) is 0 Å². The molecule has 0 aliphatic carbocycles. The molecule has 0 saturated carbocycles. The van der Waals surface area contributed by atoms with Gasteiger partial charge in [0.05, 0.1) is 19.8 Å². The molecule has 0 aliphatic rings. The fourth-order valence-corrected chi connectivity index (χ4v) is 2.71.